The van der Waals surface area contributed by atoms with Crippen LogP contribution in [0.25, 0.3) is 11.3 Å². The molecule has 8 nitrogen and oxygen atoms in total. The molecule has 2 amide bonds. The highest BCUT2D eigenvalue weighted by atomic mass is 32.2. The summed E-state index contributed by atoms with van der Waals surface area (Å²) in [5.74, 6) is -4.39. The summed E-state index contributed by atoms with van der Waals surface area (Å²) in [7, 11) is 0. The van der Waals surface area contributed by atoms with E-state index in [9.17, 15) is 32.7 Å². The van der Waals surface area contributed by atoms with Crippen molar-refractivity contribution in [1.29, 1.82) is 0 Å². The molecule has 33 heavy (non-hydrogen) atoms. The van der Waals surface area contributed by atoms with Gasteiger partial charge in [-0.15, -0.1) is 11.3 Å². The van der Waals surface area contributed by atoms with Crippen molar-refractivity contribution in [3.63, 3.8) is 0 Å². The highest BCUT2D eigenvalue weighted by molar-refractivity contribution is 8.01. The molecule has 3 atom stereocenters. The van der Waals surface area contributed by atoms with Gasteiger partial charge in [-0.25, -0.2) is 9.78 Å². The first-order valence-corrected chi connectivity index (χ1v) is 11.7. The Labute approximate surface area is 193 Å². The maximum atomic E-state index is 13.0. The Morgan fingerprint density at radius 1 is 1.33 bits per heavy atom. The second-order valence-corrected chi connectivity index (χ2v) is 9.93. The zero-order valence-corrected chi connectivity index (χ0v) is 18.3. The molecule has 0 unspecified atom stereocenters. The minimum atomic E-state index is -5.09. The predicted octanol–water partition coefficient (Wildman–Crippen LogP) is 2.64. The quantitative estimate of drug-likeness (QED) is 0.501. The van der Waals surface area contributed by atoms with Crippen molar-refractivity contribution in [3.05, 3.63) is 41.2 Å². The Hall–Kier alpha value is -2.93. The van der Waals surface area contributed by atoms with Gasteiger partial charge in [-0.2, -0.15) is 13.2 Å². The summed E-state index contributed by atoms with van der Waals surface area (Å²) in [6.07, 6.45) is -1.57. The third-order valence-corrected chi connectivity index (χ3v) is 8.07. The van der Waals surface area contributed by atoms with Crippen molar-refractivity contribution in [1.82, 2.24) is 19.8 Å². The number of thiazole rings is 1. The van der Waals surface area contributed by atoms with E-state index in [4.69, 9.17) is 0 Å². The molecule has 172 valence electrons. The van der Waals surface area contributed by atoms with Crippen LogP contribution in [-0.4, -0.2) is 73.2 Å². The first-order valence-electron chi connectivity index (χ1n) is 9.81. The normalized spacial score (nSPS) is 24.1. The van der Waals surface area contributed by atoms with Gasteiger partial charge in [0.2, 0.25) is 0 Å². The lowest BCUT2D eigenvalue weighted by Gasteiger charge is -2.49. The van der Waals surface area contributed by atoms with Gasteiger partial charge in [-0.3, -0.25) is 19.5 Å². The Morgan fingerprint density at radius 2 is 2.12 bits per heavy atom. The number of carboxylic acid groups (broad SMARTS) is 1. The Kier molecular flexibility index (Phi) is 5.20. The van der Waals surface area contributed by atoms with Crippen LogP contribution in [-0.2, 0) is 14.4 Å². The molecule has 3 aliphatic rings. The van der Waals surface area contributed by atoms with Crippen LogP contribution >= 0.6 is 23.1 Å². The summed E-state index contributed by atoms with van der Waals surface area (Å²) >= 11 is 2.67. The number of amides is 2. The smallest absolute Gasteiger partial charge is 0.471 e. The largest absolute Gasteiger partial charge is 0.477 e. The minimum absolute atomic E-state index is 0.196. The number of alkyl halides is 3. The Morgan fingerprint density at radius 3 is 2.79 bits per heavy atom. The van der Waals surface area contributed by atoms with Crippen LogP contribution in [0.1, 0.15) is 6.42 Å². The Balaban J connectivity index is 1.36. The molecule has 13 heteroatoms. The van der Waals surface area contributed by atoms with E-state index < -0.39 is 42.0 Å². The number of likely N-dealkylation sites (tertiary alicyclic amines) is 1. The second-order valence-electron chi connectivity index (χ2n) is 7.85. The summed E-state index contributed by atoms with van der Waals surface area (Å²) in [4.78, 5) is 46.6. The van der Waals surface area contributed by atoms with Crippen molar-refractivity contribution in [3.8, 4) is 11.3 Å². The van der Waals surface area contributed by atoms with Crippen molar-refractivity contribution in [2.75, 3.05) is 12.3 Å². The topological polar surface area (TPSA) is 104 Å². The molecule has 5 heterocycles. The summed E-state index contributed by atoms with van der Waals surface area (Å²) in [5, 5.41) is 11.6. The van der Waals surface area contributed by atoms with E-state index in [1.165, 1.54) is 23.1 Å². The SMILES string of the molecule is O=C(O)C1=C(CSc2nc(-c3cccnc3)cs2)C[C@@H]2CN(C(=O)C(F)(F)F)[C@@H]3C(=O)N1[C@H]23. The van der Waals surface area contributed by atoms with Gasteiger partial charge >= 0.3 is 18.1 Å². The van der Waals surface area contributed by atoms with Gasteiger partial charge in [0.25, 0.3) is 5.91 Å². The van der Waals surface area contributed by atoms with E-state index in [-0.39, 0.29) is 24.4 Å². The monoisotopic (exact) mass is 496 g/mol. The molecule has 2 aromatic rings. The number of carbonyl (C=O) groups is 3. The molecule has 0 bridgehead atoms. The molecule has 0 radical (unpaired) electrons. The highest BCUT2D eigenvalue weighted by Gasteiger charge is 2.66. The van der Waals surface area contributed by atoms with Crippen LogP contribution in [0.2, 0.25) is 0 Å². The standard InChI is InChI=1S/C20H15F3N4O4S2/c21-20(22,23)18(31)26-6-10-4-11(14(17(29)30)27-13(10)15(26)16(27)28)7-32-19-25-12(8-33-19)9-2-1-3-24-5-9/h1-3,5,8,10,13,15H,4,6-7H2,(H,29,30)/t10-,13-,15+/m1/s1. The van der Waals surface area contributed by atoms with Gasteiger partial charge < -0.3 is 10.0 Å². The molecule has 2 aromatic heterocycles. The van der Waals surface area contributed by atoms with Gasteiger partial charge in [-0.1, -0.05) is 11.8 Å². The minimum Gasteiger partial charge on any atom is -0.477 e. The Bertz CT molecular complexity index is 1180. The lowest BCUT2D eigenvalue weighted by molar-refractivity contribution is -0.190. The van der Waals surface area contributed by atoms with Crippen molar-refractivity contribution < 1.29 is 32.7 Å². The van der Waals surface area contributed by atoms with Gasteiger partial charge in [0, 0.05) is 41.6 Å². The summed E-state index contributed by atoms with van der Waals surface area (Å²) in [6, 6.07) is 1.66. The molecule has 0 spiro atoms. The zero-order chi connectivity index (χ0) is 23.5. The number of rotatable bonds is 5. The number of β-lactam (4-membered cyclic amide) rings is 1. The van der Waals surface area contributed by atoms with E-state index >= 15 is 0 Å². The number of carboxylic acids is 1. The molecule has 0 aromatic carbocycles. The van der Waals surface area contributed by atoms with Crippen LogP contribution in [0.15, 0.2) is 45.5 Å². The molecular formula is C20H15F3N4O4S2. The maximum Gasteiger partial charge on any atom is 0.471 e. The van der Waals surface area contributed by atoms with E-state index in [0.717, 1.165) is 16.2 Å². The highest BCUT2D eigenvalue weighted by Crippen LogP contribution is 2.48. The first kappa shape index (κ1) is 21.9. The summed E-state index contributed by atoms with van der Waals surface area (Å²) < 4.78 is 39.6. The van der Waals surface area contributed by atoms with Gasteiger partial charge in [-0.05, 0) is 24.1 Å². The molecule has 1 N–H and O–H groups in total. The maximum absolute atomic E-state index is 13.0. The second kappa shape index (κ2) is 7.83. The van der Waals surface area contributed by atoms with Crippen molar-refractivity contribution in [2.24, 2.45) is 5.92 Å². The average Bonchev–Trinajstić information content (AvgIpc) is 3.39. The van der Waals surface area contributed by atoms with Crippen LogP contribution < -0.4 is 0 Å². The predicted molar refractivity (Wildman–Crippen MR) is 111 cm³/mol. The molecule has 2 saturated heterocycles. The number of hydrogen-bond acceptors (Lipinski definition) is 7. The number of aliphatic carboxylic acids is 1. The van der Waals surface area contributed by atoms with E-state index in [0.29, 0.717) is 14.8 Å². The number of halogens is 3. The van der Waals surface area contributed by atoms with Crippen LogP contribution in [0.3, 0.4) is 0 Å². The number of pyridine rings is 1. The molecule has 5 rings (SSSR count). The number of carbonyl (C=O) groups excluding carboxylic acids is 2. The number of thioether (sulfide) groups is 1. The summed E-state index contributed by atoms with van der Waals surface area (Å²) in [5.41, 5.74) is 1.81. The van der Waals surface area contributed by atoms with Gasteiger partial charge in [0.15, 0.2) is 4.34 Å². The van der Waals surface area contributed by atoms with Gasteiger partial charge in [0.1, 0.15) is 11.7 Å². The molecular weight excluding hydrogens is 481 g/mol. The lowest BCUT2D eigenvalue weighted by Crippen LogP contribution is -2.70. The molecule has 3 aliphatic heterocycles. The zero-order valence-electron chi connectivity index (χ0n) is 16.7. The van der Waals surface area contributed by atoms with Crippen LogP contribution in [0.4, 0.5) is 13.2 Å². The third kappa shape index (κ3) is 3.59. The molecule has 0 aliphatic carbocycles. The van der Waals surface area contributed by atoms with E-state index in [1.54, 1.807) is 18.5 Å². The lowest BCUT2D eigenvalue weighted by atomic mass is 9.79. The average molecular weight is 496 g/mol. The number of hydrogen-bond donors (Lipinski definition) is 1. The summed E-state index contributed by atoms with van der Waals surface area (Å²) in [6.45, 7) is -0.237. The fourth-order valence-electron chi connectivity index (χ4n) is 4.66. The molecule has 2 fully saturated rings. The number of aromatic nitrogens is 2. The van der Waals surface area contributed by atoms with Crippen molar-refractivity contribution in [2.45, 2.75) is 29.0 Å². The van der Waals surface area contributed by atoms with E-state index in [2.05, 4.69) is 9.97 Å². The van der Waals surface area contributed by atoms with Crippen LogP contribution in [0, 0.1) is 5.92 Å². The molecule has 0 saturated carbocycles. The van der Waals surface area contributed by atoms with Crippen molar-refractivity contribution >= 4 is 40.9 Å². The first-order chi connectivity index (χ1) is 15.7. The third-order valence-electron chi connectivity index (χ3n) is 5.96. The van der Waals surface area contributed by atoms with E-state index in [1.807, 2.05) is 11.4 Å². The number of nitrogens with zero attached hydrogens (tertiary/aromatic N) is 4. The van der Waals surface area contributed by atoms with Gasteiger partial charge in [0.05, 0.1) is 11.7 Å². The fraction of sp³-hybridized carbons (Fsp3) is 0.350. The fourth-order valence-corrected chi connectivity index (χ4v) is 6.52. The van der Waals surface area contributed by atoms with Crippen LogP contribution in [0.5, 0.6) is 0 Å².